The van der Waals surface area contributed by atoms with E-state index in [4.69, 9.17) is 5.73 Å². The standard InChI is InChI=1S/C9H7BrN2S/c10-7-3-1-2-6(4-7)9-12-8(11)5-13-9/h1-5H,11H2. The van der Waals surface area contributed by atoms with Crippen LogP contribution in [0.2, 0.25) is 0 Å². The van der Waals surface area contributed by atoms with Crippen molar-refractivity contribution >= 4 is 33.1 Å². The van der Waals surface area contributed by atoms with Crippen LogP contribution in [0.5, 0.6) is 0 Å². The van der Waals surface area contributed by atoms with E-state index in [2.05, 4.69) is 20.9 Å². The van der Waals surface area contributed by atoms with Crippen LogP contribution in [0.15, 0.2) is 34.1 Å². The molecule has 4 heteroatoms. The normalized spacial score (nSPS) is 10.2. The molecule has 0 aliphatic heterocycles. The molecule has 0 atom stereocenters. The summed E-state index contributed by atoms with van der Waals surface area (Å²) in [4.78, 5) is 4.20. The first-order valence-corrected chi connectivity index (χ1v) is 5.40. The van der Waals surface area contributed by atoms with Crippen molar-refractivity contribution in [1.82, 2.24) is 4.98 Å². The smallest absolute Gasteiger partial charge is 0.135 e. The van der Waals surface area contributed by atoms with Gasteiger partial charge in [-0.3, -0.25) is 0 Å². The highest BCUT2D eigenvalue weighted by Crippen LogP contribution is 2.26. The zero-order valence-electron chi connectivity index (χ0n) is 6.70. The van der Waals surface area contributed by atoms with Gasteiger partial charge in [-0.05, 0) is 12.1 Å². The highest BCUT2D eigenvalue weighted by molar-refractivity contribution is 9.10. The van der Waals surface area contributed by atoms with E-state index in [9.17, 15) is 0 Å². The lowest BCUT2D eigenvalue weighted by atomic mass is 10.2. The Balaban J connectivity index is 2.46. The molecule has 66 valence electrons. The lowest BCUT2D eigenvalue weighted by molar-refractivity contribution is 1.41. The Morgan fingerprint density at radius 1 is 1.38 bits per heavy atom. The zero-order valence-corrected chi connectivity index (χ0v) is 9.10. The molecular formula is C9H7BrN2S. The second-order valence-corrected chi connectivity index (χ2v) is 4.36. The fourth-order valence-electron chi connectivity index (χ4n) is 1.04. The molecule has 0 aliphatic rings. The predicted octanol–water partition coefficient (Wildman–Crippen LogP) is 3.15. The van der Waals surface area contributed by atoms with Crippen molar-refractivity contribution in [3.05, 3.63) is 34.1 Å². The third-order valence-corrected chi connectivity index (χ3v) is 3.00. The molecule has 13 heavy (non-hydrogen) atoms. The van der Waals surface area contributed by atoms with E-state index >= 15 is 0 Å². The van der Waals surface area contributed by atoms with E-state index in [1.807, 2.05) is 29.6 Å². The maximum absolute atomic E-state index is 5.54. The van der Waals surface area contributed by atoms with Crippen molar-refractivity contribution in [3.63, 3.8) is 0 Å². The van der Waals surface area contributed by atoms with E-state index in [0.717, 1.165) is 15.0 Å². The minimum absolute atomic E-state index is 0.583. The van der Waals surface area contributed by atoms with E-state index in [0.29, 0.717) is 5.82 Å². The number of rotatable bonds is 1. The van der Waals surface area contributed by atoms with Crippen LogP contribution in [0.1, 0.15) is 0 Å². The van der Waals surface area contributed by atoms with Crippen LogP contribution >= 0.6 is 27.3 Å². The molecule has 0 radical (unpaired) electrons. The summed E-state index contributed by atoms with van der Waals surface area (Å²) in [5, 5.41) is 2.80. The molecule has 0 unspecified atom stereocenters. The number of aromatic nitrogens is 1. The van der Waals surface area contributed by atoms with Gasteiger partial charge in [0.25, 0.3) is 0 Å². The molecule has 0 spiro atoms. The number of thiazole rings is 1. The SMILES string of the molecule is Nc1csc(-c2cccc(Br)c2)n1. The van der Waals surface area contributed by atoms with Gasteiger partial charge in [-0.15, -0.1) is 11.3 Å². The summed E-state index contributed by atoms with van der Waals surface area (Å²) in [5.41, 5.74) is 6.64. The van der Waals surface area contributed by atoms with Crippen molar-refractivity contribution in [1.29, 1.82) is 0 Å². The maximum Gasteiger partial charge on any atom is 0.135 e. The van der Waals surface area contributed by atoms with Crippen LogP contribution in [0.3, 0.4) is 0 Å². The predicted molar refractivity (Wildman–Crippen MR) is 59.7 cm³/mol. The lowest BCUT2D eigenvalue weighted by Gasteiger charge is -1.95. The number of hydrogen-bond acceptors (Lipinski definition) is 3. The average molecular weight is 255 g/mol. The topological polar surface area (TPSA) is 38.9 Å². The van der Waals surface area contributed by atoms with Gasteiger partial charge in [0.2, 0.25) is 0 Å². The second kappa shape index (κ2) is 3.47. The van der Waals surface area contributed by atoms with E-state index in [-0.39, 0.29) is 0 Å². The largest absolute Gasteiger partial charge is 0.383 e. The minimum atomic E-state index is 0.583. The van der Waals surface area contributed by atoms with Gasteiger partial charge < -0.3 is 5.73 Å². The van der Waals surface area contributed by atoms with Crippen molar-refractivity contribution in [2.75, 3.05) is 5.73 Å². The zero-order chi connectivity index (χ0) is 9.26. The number of nitrogens with zero attached hydrogens (tertiary/aromatic N) is 1. The average Bonchev–Trinajstić information content (AvgIpc) is 2.52. The first-order chi connectivity index (χ1) is 6.25. The number of anilines is 1. The quantitative estimate of drug-likeness (QED) is 0.850. The van der Waals surface area contributed by atoms with Crippen molar-refractivity contribution in [2.45, 2.75) is 0 Å². The van der Waals surface area contributed by atoms with Crippen LogP contribution in [-0.2, 0) is 0 Å². The van der Waals surface area contributed by atoms with Gasteiger partial charge in [0.15, 0.2) is 0 Å². The van der Waals surface area contributed by atoms with Crippen molar-refractivity contribution in [3.8, 4) is 10.6 Å². The Bertz CT molecular complexity index is 425. The molecule has 0 aliphatic carbocycles. The Morgan fingerprint density at radius 2 is 2.23 bits per heavy atom. The summed E-state index contributed by atoms with van der Waals surface area (Å²) in [5.74, 6) is 0.583. The molecule has 1 aromatic heterocycles. The van der Waals surface area contributed by atoms with Crippen molar-refractivity contribution in [2.24, 2.45) is 0 Å². The summed E-state index contributed by atoms with van der Waals surface area (Å²) in [6.07, 6.45) is 0. The molecule has 2 aromatic rings. The monoisotopic (exact) mass is 254 g/mol. The van der Waals surface area contributed by atoms with Gasteiger partial charge in [-0.1, -0.05) is 28.1 Å². The Morgan fingerprint density at radius 3 is 2.85 bits per heavy atom. The van der Waals surface area contributed by atoms with Crippen LogP contribution in [0, 0.1) is 0 Å². The fraction of sp³-hybridized carbons (Fsp3) is 0. The Hall–Kier alpha value is -0.870. The molecular weight excluding hydrogens is 248 g/mol. The number of nitrogen functional groups attached to an aromatic ring is 1. The third-order valence-electron chi connectivity index (χ3n) is 1.59. The first-order valence-electron chi connectivity index (χ1n) is 3.72. The molecule has 1 heterocycles. The van der Waals surface area contributed by atoms with Gasteiger partial charge in [0.05, 0.1) is 0 Å². The molecule has 0 saturated carbocycles. The van der Waals surface area contributed by atoms with Gasteiger partial charge >= 0.3 is 0 Å². The first kappa shape index (κ1) is 8.72. The summed E-state index contributed by atoms with van der Waals surface area (Å²) >= 11 is 4.97. The number of hydrogen-bond donors (Lipinski definition) is 1. The molecule has 2 nitrogen and oxygen atoms in total. The Kier molecular flexibility index (Phi) is 2.33. The van der Waals surface area contributed by atoms with Crippen molar-refractivity contribution < 1.29 is 0 Å². The van der Waals surface area contributed by atoms with E-state index < -0.39 is 0 Å². The summed E-state index contributed by atoms with van der Waals surface area (Å²) < 4.78 is 1.05. The molecule has 0 fully saturated rings. The molecule has 2 rings (SSSR count). The fourth-order valence-corrected chi connectivity index (χ4v) is 2.15. The summed E-state index contributed by atoms with van der Waals surface area (Å²) in [7, 11) is 0. The summed E-state index contributed by atoms with van der Waals surface area (Å²) in [6, 6.07) is 8.01. The van der Waals surface area contributed by atoms with Crippen LogP contribution in [-0.4, -0.2) is 4.98 Å². The second-order valence-electron chi connectivity index (χ2n) is 2.59. The minimum Gasteiger partial charge on any atom is -0.383 e. The van der Waals surface area contributed by atoms with Crippen LogP contribution in [0.4, 0.5) is 5.82 Å². The van der Waals surface area contributed by atoms with E-state index in [1.54, 1.807) is 11.3 Å². The number of halogens is 1. The van der Waals surface area contributed by atoms with Gasteiger partial charge in [0, 0.05) is 15.4 Å². The Labute approximate surface area is 88.6 Å². The molecule has 0 saturated heterocycles. The lowest BCUT2D eigenvalue weighted by Crippen LogP contribution is -1.83. The number of nitrogens with two attached hydrogens (primary N) is 1. The highest BCUT2D eigenvalue weighted by atomic mass is 79.9. The highest BCUT2D eigenvalue weighted by Gasteiger charge is 2.02. The summed E-state index contributed by atoms with van der Waals surface area (Å²) in [6.45, 7) is 0. The molecule has 0 amide bonds. The van der Waals surface area contributed by atoms with Crippen LogP contribution < -0.4 is 5.73 Å². The van der Waals surface area contributed by atoms with E-state index in [1.165, 1.54) is 0 Å². The number of benzene rings is 1. The third kappa shape index (κ3) is 1.89. The molecule has 1 aromatic carbocycles. The van der Waals surface area contributed by atoms with Gasteiger partial charge in [0.1, 0.15) is 10.8 Å². The molecule has 2 N–H and O–H groups in total. The maximum atomic E-state index is 5.54. The van der Waals surface area contributed by atoms with Gasteiger partial charge in [-0.25, -0.2) is 4.98 Å². The van der Waals surface area contributed by atoms with Gasteiger partial charge in [-0.2, -0.15) is 0 Å². The van der Waals surface area contributed by atoms with Crippen LogP contribution in [0.25, 0.3) is 10.6 Å². The molecule has 0 bridgehead atoms.